The minimum absolute atomic E-state index is 0.0671. The molecular weight excluding hydrogens is 346 g/mol. The number of ether oxygens (including phenoxy) is 1. The van der Waals surface area contributed by atoms with Gasteiger partial charge in [-0.05, 0) is 13.8 Å². The van der Waals surface area contributed by atoms with Crippen LogP contribution in [-0.2, 0) is 18.4 Å². The van der Waals surface area contributed by atoms with Crippen LogP contribution in [0.4, 0.5) is 0 Å². The lowest BCUT2D eigenvalue weighted by molar-refractivity contribution is -0.128. The van der Waals surface area contributed by atoms with Crippen molar-refractivity contribution in [3.8, 4) is 17.3 Å². The van der Waals surface area contributed by atoms with Gasteiger partial charge in [0.05, 0.1) is 18.3 Å². The smallest absolute Gasteiger partial charge is 0.245 e. The minimum atomic E-state index is -0.0815. The molecule has 1 fully saturated rings. The van der Waals surface area contributed by atoms with Crippen LogP contribution in [0.2, 0.25) is 0 Å². The molecule has 3 aromatic heterocycles. The number of rotatable bonds is 4. The van der Waals surface area contributed by atoms with E-state index in [9.17, 15) is 4.79 Å². The zero-order chi connectivity index (χ0) is 19.1. The molecule has 142 valence electrons. The third kappa shape index (κ3) is 2.92. The van der Waals surface area contributed by atoms with Crippen LogP contribution in [0, 0.1) is 6.92 Å². The van der Waals surface area contributed by atoms with Crippen molar-refractivity contribution in [3.63, 3.8) is 0 Å². The van der Waals surface area contributed by atoms with Gasteiger partial charge in [-0.15, -0.1) is 0 Å². The summed E-state index contributed by atoms with van der Waals surface area (Å²) in [5.74, 6) is 1.31. The first-order valence-corrected chi connectivity index (χ1v) is 9.12. The van der Waals surface area contributed by atoms with Gasteiger partial charge in [0.2, 0.25) is 11.8 Å². The average molecular weight is 369 g/mol. The summed E-state index contributed by atoms with van der Waals surface area (Å²) < 4.78 is 9.96. The Bertz CT molecular complexity index is 1010. The van der Waals surface area contributed by atoms with Gasteiger partial charge in [-0.2, -0.15) is 10.1 Å². The summed E-state index contributed by atoms with van der Waals surface area (Å²) in [6.45, 7) is 7.75. The largest absolute Gasteiger partial charge is 0.471 e. The Morgan fingerprint density at radius 2 is 2.19 bits per heavy atom. The Morgan fingerprint density at radius 3 is 2.85 bits per heavy atom. The number of imidazole rings is 1. The van der Waals surface area contributed by atoms with E-state index in [0.29, 0.717) is 30.1 Å². The second-order valence-corrected chi connectivity index (χ2v) is 6.80. The van der Waals surface area contributed by atoms with Crippen molar-refractivity contribution in [2.24, 2.45) is 7.05 Å². The average Bonchev–Trinajstić information content (AvgIpc) is 3.34. The van der Waals surface area contributed by atoms with Crippen molar-refractivity contribution >= 4 is 17.1 Å². The van der Waals surface area contributed by atoms with Crippen molar-refractivity contribution < 1.29 is 9.53 Å². The van der Waals surface area contributed by atoms with E-state index in [1.807, 2.05) is 29.4 Å². The van der Waals surface area contributed by atoms with Gasteiger partial charge in [0, 0.05) is 39.2 Å². The molecule has 0 radical (unpaired) electrons. The summed E-state index contributed by atoms with van der Waals surface area (Å²) in [7, 11) is 1.93. The maximum Gasteiger partial charge on any atom is 0.245 e. The van der Waals surface area contributed by atoms with E-state index in [0.717, 1.165) is 30.0 Å². The fraction of sp³-hybridized carbons (Fsp3) is 0.500. The summed E-state index contributed by atoms with van der Waals surface area (Å²) in [6, 6.07) is 0. The zero-order valence-electron chi connectivity index (χ0n) is 16.0. The maximum absolute atomic E-state index is 11.5. The predicted molar refractivity (Wildman–Crippen MR) is 99.2 cm³/mol. The van der Waals surface area contributed by atoms with E-state index in [4.69, 9.17) is 9.72 Å². The number of hydrogen-bond acceptors (Lipinski definition) is 6. The van der Waals surface area contributed by atoms with Gasteiger partial charge in [0.15, 0.2) is 11.2 Å². The molecule has 0 aliphatic carbocycles. The van der Waals surface area contributed by atoms with Crippen molar-refractivity contribution in [2.75, 3.05) is 13.1 Å². The van der Waals surface area contributed by atoms with E-state index in [-0.39, 0.29) is 12.0 Å². The Labute approximate surface area is 157 Å². The van der Waals surface area contributed by atoms with Crippen LogP contribution < -0.4 is 4.74 Å². The van der Waals surface area contributed by atoms with Crippen LogP contribution in [0.15, 0.2) is 12.5 Å². The summed E-state index contributed by atoms with van der Waals surface area (Å²) >= 11 is 0. The molecule has 1 amide bonds. The highest BCUT2D eigenvalue weighted by molar-refractivity contribution is 5.81. The fourth-order valence-electron chi connectivity index (χ4n) is 3.56. The number of carbonyl (C=O) groups excluding carboxylic acids is 1. The van der Waals surface area contributed by atoms with Gasteiger partial charge in [0.1, 0.15) is 18.3 Å². The molecule has 1 atom stereocenters. The van der Waals surface area contributed by atoms with E-state index in [1.54, 1.807) is 11.8 Å². The van der Waals surface area contributed by atoms with Gasteiger partial charge in [-0.1, -0.05) is 0 Å². The summed E-state index contributed by atoms with van der Waals surface area (Å²) in [5, 5.41) is 4.41. The van der Waals surface area contributed by atoms with Gasteiger partial charge in [-0.25, -0.2) is 9.97 Å². The first-order chi connectivity index (χ1) is 13.0. The molecule has 1 aliphatic heterocycles. The molecule has 4 heterocycles. The third-order valence-electron chi connectivity index (χ3n) is 5.13. The highest BCUT2D eigenvalue weighted by Gasteiger charge is 2.27. The number of fused-ring (bicyclic) bond motifs is 1. The molecule has 0 N–H and O–H groups in total. The Kier molecular flexibility index (Phi) is 4.29. The van der Waals surface area contributed by atoms with Gasteiger partial charge in [0.25, 0.3) is 0 Å². The molecule has 4 rings (SSSR count). The normalized spacial score (nSPS) is 17.0. The lowest BCUT2D eigenvalue weighted by atomic mass is 10.2. The topological polar surface area (TPSA) is 91.0 Å². The minimum Gasteiger partial charge on any atom is -0.471 e. The molecular formula is C18H23N7O2. The van der Waals surface area contributed by atoms with Crippen molar-refractivity contribution in [2.45, 2.75) is 39.8 Å². The van der Waals surface area contributed by atoms with Crippen LogP contribution in [0.25, 0.3) is 22.6 Å². The lowest BCUT2D eigenvalue weighted by Gasteiger charge is -2.14. The number of amides is 1. The monoisotopic (exact) mass is 369 g/mol. The standard InChI is InChI=1S/C18H23N7O2/c1-5-25-11(2)14(8-21-25)16-22-15-17(23(16)4)19-10-20-18(15)27-13-6-7-24(9-13)12(3)26/h8,10,13H,5-7,9H2,1-4H3. The molecule has 9 nitrogen and oxygen atoms in total. The SMILES string of the molecule is CCn1ncc(-c2nc3c(OC4CCN(C(C)=O)C4)ncnc3n2C)c1C. The number of aromatic nitrogens is 6. The van der Waals surface area contributed by atoms with E-state index < -0.39 is 0 Å². The molecule has 9 heteroatoms. The number of carbonyl (C=O) groups is 1. The first kappa shape index (κ1) is 17.4. The second kappa shape index (κ2) is 6.64. The quantitative estimate of drug-likeness (QED) is 0.693. The van der Waals surface area contributed by atoms with Gasteiger partial charge < -0.3 is 14.2 Å². The molecule has 1 unspecified atom stereocenters. The van der Waals surface area contributed by atoms with Crippen LogP contribution in [0.5, 0.6) is 5.88 Å². The van der Waals surface area contributed by atoms with Crippen LogP contribution in [0.3, 0.4) is 0 Å². The Morgan fingerprint density at radius 1 is 1.37 bits per heavy atom. The van der Waals surface area contributed by atoms with Crippen molar-refractivity contribution in [1.82, 2.24) is 34.2 Å². The molecule has 0 saturated carbocycles. The number of hydrogen-bond donors (Lipinski definition) is 0. The van der Waals surface area contributed by atoms with Gasteiger partial charge >= 0.3 is 0 Å². The highest BCUT2D eigenvalue weighted by atomic mass is 16.5. The van der Waals surface area contributed by atoms with E-state index >= 15 is 0 Å². The van der Waals surface area contributed by atoms with Gasteiger partial charge in [-0.3, -0.25) is 9.48 Å². The molecule has 0 spiro atoms. The number of likely N-dealkylation sites (tertiary alicyclic amines) is 1. The Hall–Kier alpha value is -2.97. The van der Waals surface area contributed by atoms with E-state index in [1.165, 1.54) is 6.33 Å². The van der Waals surface area contributed by atoms with Crippen molar-refractivity contribution in [1.29, 1.82) is 0 Å². The summed E-state index contributed by atoms with van der Waals surface area (Å²) in [4.78, 5) is 26.8. The lowest BCUT2D eigenvalue weighted by Crippen LogP contribution is -2.28. The molecule has 1 saturated heterocycles. The number of nitrogens with zero attached hydrogens (tertiary/aromatic N) is 7. The van der Waals surface area contributed by atoms with Crippen LogP contribution in [-0.4, -0.2) is 59.3 Å². The second-order valence-electron chi connectivity index (χ2n) is 6.80. The molecule has 0 bridgehead atoms. The first-order valence-electron chi connectivity index (χ1n) is 9.12. The molecule has 3 aromatic rings. The molecule has 1 aliphatic rings. The summed E-state index contributed by atoms with van der Waals surface area (Å²) in [5.41, 5.74) is 3.35. The Balaban J connectivity index is 1.70. The third-order valence-corrected chi connectivity index (χ3v) is 5.13. The maximum atomic E-state index is 11.5. The zero-order valence-corrected chi connectivity index (χ0v) is 16.0. The summed E-state index contributed by atoms with van der Waals surface area (Å²) in [6.07, 6.45) is 4.02. The van der Waals surface area contributed by atoms with Crippen molar-refractivity contribution in [3.05, 3.63) is 18.2 Å². The van der Waals surface area contributed by atoms with E-state index in [2.05, 4.69) is 22.0 Å². The van der Waals surface area contributed by atoms with Crippen LogP contribution >= 0.6 is 0 Å². The van der Waals surface area contributed by atoms with Crippen LogP contribution in [0.1, 0.15) is 26.0 Å². The molecule has 0 aromatic carbocycles. The number of aryl methyl sites for hydroxylation is 2. The molecule has 27 heavy (non-hydrogen) atoms. The highest BCUT2D eigenvalue weighted by Crippen LogP contribution is 2.29. The fourth-order valence-corrected chi connectivity index (χ4v) is 3.56. The predicted octanol–water partition coefficient (Wildman–Crippen LogP) is 1.55.